The Hall–Kier alpha value is -0.0800. The lowest BCUT2D eigenvalue weighted by Crippen LogP contribution is -2.41. The third-order valence-corrected chi connectivity index (χ3v) is 6.38. The zero-order chi connectivity index (χ0) is 15.2. The standard InChI is InChI=1S/C18H35NO/c1-13(2)19-11-16(3,4)12-20-15-10-14-8-9-18(15,7)17(14,5)6/h13-15,19H,8-12H2,1-7H3. The topological polar surface area (TPSA) is 21.3 Å². The smallest absolute Gasteiger partial charge is 0.0637 e. The number of hydrogen-bond donors (Lipinski definition) is 1. The molecule has 2 nitrogen and oxygen atoms in total. The van der Waals surface area contributed by atoms with Gasteiger partial charge >= 0.3 is 0 Å². The minimum atomic E-state index is 0.215. The predicted octanol–water partition coefficient (Wildman–Crippen LogP) is 4.24. The van der Waals surface area contributed by atoms with Crippen LogP contribution in [0.2, 0.25) is 0 Å². The lowest BCUT2D eigenvalue weighted by atomic mass is 9.70. The van der Waals surface area contributed by atoms with Gasteiger partial charge in [-0.1, -0.05) is 48.5 Å². The van der Waals surface area contributed by atoms with E-state index in [0.29, 0.717) is 23.0 Å². The highest BCUT2D eigenvalue weighted by atomic mass is 16.5. The fourth-order valence-corrected chi connectivity index (χ4v) is 4.24. The van der Waals surface area contributed by atoms with Gasteiger partial charge < -0.3 is 10.1 Å². The van der Waals surface area contributed by atoms with Crippen molar-refractivity contribution in [2.24, 2.45) is 22.2 Å². The summed E-state index contributed by atoms with van der Waals surface area (Å²) in [7, 11) is 0. The Morgan fingerprint density at radius 2 is 1.90 bits per heavy atom. The zero-order valence-corrected chi connectivity index (χ0v) is 14.7. The van der Waals surface area contributed by atoms with Crippen molar-refractivity contribution in [2.75, 3.05) is 13.2 Å². The average Bonchev–Trinajstić information content (AvgIpc) is 2.67. The molecule has 0 aliphatic heterocycles. The van der Waals surface area contributed by atoms with Gasteiger partial charge in [-0.25, -0.2) is 0 Å². The van der Waals surface area contributed by atoms with Gasteiger partial charge in [0.1, 0.15) is 0 Å². The Kier molecular flexibility index (Phi) is 4.30. The summed E-state index contributed by atoms with van der Waals surface area (Å²) in [6.07, 6.45) is 4.49. The van der Waals surface area contributed by atoms with Crippen LogP contribution in [0.3, 0.4) is 0 Å². The van der Waals surface area contributed by atoms with Gasteiger partial charge in [-0.15, -0.1) is 0 Å². The van der Waals surface area contributed by atoms with Crippen LogP contribution in [0.1, 0.15) is 67.7 Å². The Bertz CT molecular complexity index is 347. The summed E-state index contributed by atoms with van der Waals surface area (Å²) in [6.45, 7) is 18.3. The summed E-state index contributed by atoms with van der Waals surface area (Å²) in [5.41, 5.74) is 1.06. The van der Waals surface area contributed by atoms with Gasteiger partial charge in [0.25, 0.3) is 0 Å². The van der Waals surface area contributed by atoms with Crippen LogP contribution in [0.15, 0.2) is 0 Å². The van der Waals surface area contributed by atoms with Crippen molar-refractivity contribution in [2.45, 2.75) is 79.9 Å². The second-order valence-electron chi connectivity index (χ2n) is 9.11. The average molecular weight is 281 g/mol. The molecule has 0 amide bonds. The normalized spacial score (nSPS) is 36.0. The van der Waals surface area contributed by atoms with Gasteiger partial charge in [0.2, 0.25) is 0 Å². The van der Waals surface area contributed by atoms with Gasteiger partial charge in [0.05, 0.1) is 12.7 Å². The molecule has 0 aromatic heterocycles. The molecule has 2 saturated carbocycles. The monoisotopic (exact) mass is 281 g/mol. The first kappa shape index (κ1) is 16.3. The SMILES string of the molecule is CC(C)NCC(C)(C)COC1CC2CCC1(C)C2(C)C. The first-order valence-corrected chi connectivity index (χ1v) is 8.43. The van der Waals surface area contributed by atoms with E-state index in [1.54, 1.807) is 0 Å². The van der Waals surface area contributed by atoms with Crippen molar-refractivity contribution in [1.82, 2.24) is 5.32 Å². The minimum absolute atomic E-state index is 0.215. The highest BCUT2D eigenvalue weighted by molar-refractivity contribution is 5.11. The molecule has 2 aliphatic carbocycles. The van der Waals surface area contributed by atoms with E-state index in [9.17, 15) is 0 Å². The van der Waals surface area contributed by atoms with E-state index in [2.05, 4.69) is 53.8 Å². The van der Waals surface area contributed by atoms with E-state index in [4.69, 9.17) is 4.74 Å². The van der Waals surface area contributed by atoms with Gasteiger partial charge in [0, 0.05) is 18.0 Å². The van der Waals surface area contributed by atoms with Crippen LogP contribution in [-0.2, 0) is 4.74 Å². The van der Waals surface area contributed by atoms with Crippen LogP contribution >= 0.6 is 0 Å². The molecule has 2 aliphatic rings. The van der Waals surface area contributed by atoms with Crippen LogP contribution in [0, 0.1) is 22.2 Å². The predicted molar refractivity (Wildman–Crippen MR) is 85.9 cm³/mol. The summed E-state index contributed by atoms with van der Waals surface area (Å²) in [5, 5.41) is 3.54. The highest BCUT2D eigenvalue weighted by Crippen LogP contribution is 2.66. The third-order valence-electron chi connectivity index (χ3n) is 6.38. The van der Waals surface area contributed by atoms with E-state index >= 15 is 0 Å². The molecule has 0 aromatic carbocycles. The van der Waals surface area contributed by atoms with Crippen LogP contribution in [-0.4, -0.2) is 25.3 Å². The maximum Gasteiger partial charge on any atom is 0.0637 e. The van der Waals surface area contributed by atoms with Gasteiger partial charge in [0.15, 0.2) is 0 Å². The summed E-state index contributed by atoms with van der Waals surface area (Å²) in [4.78, 5) is 0. The minimum Gasteiger partial charge on any atom is -0.377 e. The Morgan fingerprint density at radius 3 is 2.35 bits per heavy atom. The molecule has 0 aromatic rings. The maximum absolute atomic E-state index is 6.43. The van der Waals surface area contributed by atoms with Crippen LogP contribution in [0.5, 0.6) is 0 Å². The molecule has 1 N–H and O–H groups in total. The largest absolute Gasteiger partial charge is 0.377 e. The third kappa shape index (κ3) is 2.78. The molecular formula is C18H35NO. The molecule has 2 heteroatoms. The van der Waals surface area contributed by atoms with Gasteiger partial charge in [-0.05, 0) is 36.0 Å². The van der Waals surface area contributed by atoms with E-state index < -0.39 is 0 Å². The number of hydrogen-bond acceptors (Lipinski definition) is 2. The molecule has 0 radical (unpaired) electrons. The van der Waals surface area contributed by atoms with E-state index in [1.807, 2.05) is 0 Å². The molecule has 3 atom stereocenters. The zero-order valence-electron chi connectivity index (χ0n) is 14.7. The Morgan fingerprint density at radius 1 is 1.25 bits per heavy atom. The summed E-state index contributed by atoms with van der Waals surface area (Å²) in [6, 6.07) is 0.549. The molecule has 0 saturated heterocycles. The van der Waals surface area contributed by atoms with Crippen LogP contribution in [0.25, 0.3) is 0 Å². The van der Waals surface area contributed by atoms with Crippen molar-refractivity contribution in [3.05, 3.63) is 0 Å². The lowest BCUT2D eigenvalue weighted by molar-refractivity contribution is -0.0721. The molecule has 0 spiro atoms. The van der Waals surface area contributed by atoms with Crippen molar-refractivity contribution in [1.29, 1.82) is 0 Å². The van der Waals surface area contributed by atoms with Gasteiger partial charge in [-0.2, -0.15) is 0 Å². The first-order valence-electron chi connectivity index (χ1n) is 8.43. The molecule has 2 rings (SSSR count). The molecule has 118 valence electrons. The fourth-order valence-electron chi connectivity index (χ4n) is 4.24. The van der Waals surface area contributed by atoms with E-state index in [1.165, 1.54) is 19.3 Å². The van der Waals surface area contributed by atoms with Crippen LogP contribution in [0.4, 0.5) is 0 Å². The van der Waals surface area contributed by atoms with Crippen molar-refractivity contribution in [3.8, 4) is 0 Å². The number of ether oxygens (including phenoxy) is 1. The Balaban J connectivity index is 1.89. The molecular weight excluding hydrogens is 246 g/mol. The Labute approximate surface area is 126 Å². The molecule has 2 bridgehead atoms. The van der Waals surface area contributed by atoms with Crippen LogP contribution < -0.4 is 5.32 Å². The van der Waals surface area contributed by atoms with E-state index in [0.717, 1.165) is 19.1 Å². The quantitative estimate of drug-likeness (QED) is 0.786. The second-order valence-corrected chi connectivity index (χ2v) is 9.11. The number of rotatable bonds is 6. The van der Waals surface area contributed by atoms with Crippen molar-refractivity contribution in [3.63, 3.8) is 0 Å². The second kappa shape index (κ2) is 5.28. The molecule has 3 unspecified atom stereocenters. The first-order chi connectivity index (χ1) is 9.08. The van der Waals surface area contributed by atoms with Crippen molar-refractivity contribution >= 4 is 0 Å². The summed E-state index contributed by atoms with van der Waals surface area (Å²) >= 11 is 0. The maximum atomic E-state index is 6.43. The molecule has 2 fully saturated rings. The fraction of sp³-hybridized carbons (Fsp3) is 1.00. The van der Waals surface area contributed by atoms with E-state index in [-0.39, 0.29) is 5.41 Å². The summed E-state index contributed by atoms with van der Waals surface area (Å²) in [5.74, 6) is 0.870. The lowest BCUT2D eigenvalue weighted by Gasteiger charge is -2.40. The summed E-state index contributed by atoms with van der Waals surface area (Å²) < 4.78 is 6.43. The number of nitrogens with one attached hydrogen (secondary N) is 1. The highest BCUT2D eigenvalue weighted by Gasteiger charge is 2.61. The van der Waals surface area contributed by atoms with Gasteiger partial charge in [-0.3, -0.25) is 0 Å². The van der Waals surface area contributed by atoms with Crippen molar-refractivity contribution < 1.29 is 4.74 Å². The molecule has 0 heterocycles. The number of fused-ring (bicyclic) bond motifs is 2. The molecule has 20 heavy (non-hydrogen) atoms.